The number of hydrogen-bond donors (Lipinski definition) is 14. The molecule has 1 aromatic heterocycles. The maximum Gasteiger partial charge on any atom is 0.246 e. The number of para-hydroxylation sites is 1. The number of carbonyl (C=O) groups is 15. The largest absolute Gasteiger partial charge is 0.508 e. The molecule has 0 bridgehead atoms. The molecule has 5 heterocycles. The van der Waals surface area contributed by atoms with E-state index < -0.39 is 240 Å². The van der Waals surface area contributed by atoms with Crippen molar-refractivity contribution in [1.82, 2.24) is 76.9 Å². The normalized spacial score (nSPS) is 24.8. The van der Waals surface area contributed by atoms with Gasteiger partial charge >= 0.3 is 0 Å². The molecule has 4 saturated heterocycles. The van der Waals surface area contributed by atoms with Crippen molar-refractivity contribution in [3.63, 3.8) is 0 Å². The number of thioether (sulfide) groups is 1. The van der Waals surface area contributed by atoms with Crippen LogP contribution in [-0.4, -0.2) is 288 Å². The Kier molecular flexibility index (Phi) is 36.9. The fourth-order valence-electron chi connectivity index (χ4n) is 18.1. The molecular formula is C99H124F3N17O18S. The monoisotopic (exact) mass is 1930 g/mol. The number of aromatic amines is 1. The highest BCUT2D eigenvalue weighted by atomic mass is 32.2. The summed E-state index contributed by atoms with van der Waals surface area (Å²) >= 11 is 0.685. The number of aliphatic hydroxyl groups is 1. The number of amides is 15. The number of aromatic nitrogens is 1. The molecule has 6 aromatic carbocycles. The van der Waals surface area contributed by atoms with Gasteiger partial charge < -0.3 is 104 Å². The average molecular weight is 1930 g/mol. The van der Waals surface area contributed by atoms with Crippen molar-refractivity contribution in [2.24, 2.45) is 23.3 Å². The van der Waals surface area contributed by atoms with Crippen LogP contribution < -0.4 is 54.0 Å². The lowest BCUT2D eigenvalue weighted by Crippen LogP contribution is -2.63. The lowest BCUT2D eigenvalue weighted by molar-refractivity contribution is -0.154. The molecule has 35 nitrogen and oxygen atoms in total. The summed E-state index contributed by atoms with van der Waals surface area (Å²) in [5.41, 5.74) is 14.8. The Morgan fingerprint density at radius 3 is 1.64 bits per heavy atom. The number of aromatic hydroxyl groups is 2. The minimum absolute atomic E-state index is 0.0222. The average Bonchev–Trinajstić information content (AvgIpc) is 1.62. The van der Waals surface area contributed by atoms with Gasteiger partial charge in [0.2, 0.25) is 88.6 Å². The molecule has 16 N–H and O–H groups in total. The fraction of sp³-hybridized carbons (Fsp3) is 0.465. The molecule has 1 unspecified atom stereocenters. The minimum atomic E-state index is -1.87. The van der Waals surface area contributed by atoms with Crippen molar-refractivity contribution in [2.45, 2.75) is 222 Å². The Bertz CT molecular complexity index is 5510. The summed E-state index contributed by atoms with van der Waals surface area (Å²) in [5.74, 6) is -21.5. The van der Waals surface area contributed by atoms with Gasteiger partial charge in [-0.15, -0.1) is 11.8 Å². The highest BCUT2D eigenvalue weighted by Gasteiger charge is 2.51. The lowest BCUT2D eigenvalue weighted by Gasteiger charge is -2.38. The number of fused-ring (bicyclic) bond motifs is 4. The van der Waals surface area contributed by atoms with Crippen LogP contribution >= 0.6 is 11.8 Å². The number of aliphatic hydroxyl groups excluding tert-OH is 1. The van der Waals surface area contributed by atoms with Crippen molar-refractivity contribution in [3.8, 4) is 11.5 Å². The van der Waals surface area contributed by atoms with Crippen LogP contribution in [-0.2, 0) is 110 Å². The molecule has 0 aliphatic carbocycles. The van der Waals surface area contributed by atoms with Gasteiger partial charge in [0.05, 0.1) is 18.4 Å². The van der Waals surface area contributed by atoms with E-state index in [2.05, 4.69) is 47.5 Å². The Morgan fingerprint density at radius 1 is 0.507 bits per heavy atom. The van der Waals surface area contributed by atoms with E-state index in [-0.39, 0.29) is 101 Å². The number of unbranched alkanes of at least 4 members (excludes halogenated alkanes) is 1. The van der Waals surface area contributed by atoms with Gasteiger partial charge in [-0.1, -0.05) is 151 Å². The molecule has 15 atom stereocenters. The van der Waals surface area contributed by atoms with Gasteiger partial charge in [-0.05, 0) is 126 Å². The second-order valence-corrected chi connectivity index (χ2v) is 37.8. The maximum atomic E-state index is 16.0. The van der Waals surface area contributed by atoms with Gasteiger partial charge in [-0.3, -0.25) is 71.9 Å². The van der Waals surface area contributed by atoms with Crippen LogP contribution in [0.5, 0.6) is 11.5 Å². The lowest BCUT2D eigenvalue weighted by atomic mass is 9.96. The second-order valence-electron chi connectivity index (χ2n) is 36.7. The second kappa shape index (κ2) is 48.5. The van der Waals surface area contributed by atoms with E-state index >= 15 is 66.3 Å². The predicted molar refractivity (Wildman–Crippen MR) is 506 cm³/mol. The summed E-state index contributed by atoms with van der Waals surface area (Å²) in [6.07, 6.45) is -1.01. The molecule has 138 heavy (non-hydrogen) atoms. The Labute approximate surface area is 802 Å². The summed E-state index contributed by atoms with van der Waals surface area (Å²) < 4.78 is 45.3. The van der Waals surface area contributed by atoms with Crippen molar-refractivity contribution in [3.05, 3.63) is 203 Å². The van der Waals surface area contributed by atoms with E-state index in [1.54, 1.807) is 119 Å². The molecule has 740 valence electrons. The molecule has 0 saturated carbocycles. The SMILES string of the molecule is CCCC[C@H]1C(=O)N2C[C@H](O)C[C@@H]2C(=O)N2C[C@H](N)C[C@H]2C(=O)N[C@@H](C(C)C)C(=O)N(C)[C@@H](Cc2ccccc2)C(=O)N[C@@H](Cc2ccc(O)cc2)C(=O)N2CCCCC2C(=O)N[C@@H](Cc2c[nH]c3ccccc23)C(=O)N[C@@H](Cc2ccc(O)cc2)C(=O)N[C@@H](CC(C)C)C(=O)N[C@H](C(=O)NCC(N)=O)CSCC(=O)N[C@@H](Cc2cc(F)c(F)c(F)c2)C(=O)N(C)[C@@H](Cc2ccccc2)C(=O)N1C. The van der Waals surface area contributed by atoms with Gasteiger partial charge in [0, 0.05) is 115 Å². The Balaban J connectivity index is 0.996. The highest BCUT2D eigenvalue weighted by Crippen LogP contribution is 2.32. The van der Waals surface area contributed by atoms with Crippen LogP contribution in [0.15, 0.2) is 152 Å². The first-order valence-corrected chi connectivity index (χ1v) is 47.6. The third-order valence-corrected chi connectivity index (χ3v) is 26.6. The number of nitrogens with zero attached hydrogens (tertiary/aromatic N) is 6. The number of benzene rings is 6. The van der Waals surface area contributed by atoms with Crippen LogP contribution in [0.1, 0.15) is 126 Å². The topological polar surface area (TPSA) is 500 Å². The Hall–Kier alpha value is -13.4. The number of H-pyrrole nitrogens is 1. The van der Waals surface area contributed by atoms with Crippen molar-refractivity contribution >= 4 is 111 Å². The smallest absolute Gasteiger partial charge is 0.246 e. The zero-order valence-corrected chi connectivity index (χ0v) is 79.3. The number of likely N-dealkylation sites (N-methyl/N-ethyl adjacent to an activating group) is 3. The summed E-state index contributed by atoms with van der Waals surface area (Å²) in [7, 11) is 3.86. The van der Waals surface area contributed by atoms with E-state index in [0.29, 0.717) is 81.9 Å². The van der Waals surface area contributed by atoms with E-state index in [9.17, 15) is 34.1 Å². The first-order chi connectivity index (χ1) is 65.7. The van der Waals surface area contributed by atoms with Crippen molar-refractivity contribution in [1.29, 1.82) is 0 Å². The van der Waals surface area contributed by atoms with Crippen LogP contribution in [0, 0.1) is 29.3 Å². The molecule has 39 heteroatoms. The zero-order valence-electron chi connectivity index (χ0n) is 78.4. The third-order valence-electron chi connectivity index (χ3n) is 25.6. The number of piperidine rings is 1. The minimum Gasteiger partial charge on any atom is -0.508 e. The number of nitrogens with one attached hydrogen (secondary N) is 9. The summed E-state index contributed by atoms with van der Waals surface area (Å²) in [6, 6.07) is 15.7. The number of halogens is 3. The van der Waals surface area contributed by atoms with Gasteiger partial charge in [0.1, 0.15) is 90.0 Å². The number of carbonyl (C=O) groups excluding carboxylic acids is 15. The van der Waals surface area contributed by atoms with Crippen molar-refractivity contribution in [2.75, 3.05) is 58.8 Å². The van der Waals surface area contributed by atoms with E-state index in [4.69, 9.17) is 11.5 Å². The van der Waals surface area contributed by atoms with Crippen LogP contribution in [0.4, 0.5) is 13.2 Å². The van der Waals surface area contributed by atoms with Gasteiger partial charge in [0.25, 0.3) is 0 Å². The number of phenols is 2. The van der Waals surface area contributed by atoms with E-state index in [0.717, 1.165) is 19.6 Å². The summed E-state index contributed by atoms with van der Waals surface area (Å²) in [4.78, 5) is 238. The van der Waals surface area contributed by atoms with Crippen LogP contribution in [0.3, 0.4) is 0 Å². The number of phenolic OH excluding ortho intramolecular Hbond substituents is 2. The Morgan fingerprint density at radius 2 is 1.03 bits per heavy atom. The summed E-state index contributed by atoms with van der Waals surface area (Å²) in [6.45, 7) is 7.01. The predicted octanol–water partition coefficient (Wildman–Crippen LogP) is 3.14. The van der Waals surface area contributed by atoms with Gasteiger partial charge in [-0.2, -0.15) is 0 Å². The first kappa shape index (κ1) is 105. The van der Waals surface area contributed by atoms with E-state index in [1.807, 2.05) is 6.92 Å². The van der Waals surface area contributed by atoms with Crippen molar-refractivity contribution < 1.29 is 100 Å². The standard InChI is InChI=1S/C99H124F3N17O18S/c1-9-10-27-78-97(135)119-52-66(122)48-82(119)98(136)118-51-63(103)47-80(118)93(131)113-86(56(4)5)99(137)115(7)79(44-57-21-13-11-14-22-57)92(130)111-75(42-60-31-35-65(121)36-32-60)95(133)117-37-20-19-28-77(117)91(129)110-73(46-62-49-105-70-26-18-17-25-67(62)70)90(128)109-72(41-59-29-33-64(120)34-30-59)89(127)108-71(38-55(2)3)88(126)112-76(87(125)106-50-83(104)123)53-138-54-84(124)107-74(43-61-39-68(100)85(102)69(101)40-61)94(132)116(8)81(96(134)114(78)6)45-58-23-15-12-16-24-58/h11-18,21-26,29-36,39-40,49,55-56,63,66,71-82,86,105,120-122H,9-10,19-20,27-28,37-38,41-48,50-54,103H2,1-8H3,(H2,104,123)(H,106,125)(H,107,124)(H,108,127)(H,109,128)(H,110,129)(H,111,130)(H,112,126)(H,113,131)/t63-,66-,71+,72+,73+,74+,75+,76+,77?,78+,79+,80+,81+,82-,86+/m1/s1. The van der Waals surface area contributed by atoms with Crippen LogP contribution in [0.2, 0.25) is 0 Å². The highest BCUT2D eigenvalue weighted by molar-refractivity contribution is 8.00. The maximum absolute atomic E-state index is 16.0. The molecule has 0 spiro atoms. The zero-order chi connectivity index (χ0) is 100. The van der Waals surface area contributed by atoms with Gasteiger partial charge in [-0.25, -0.2) is 13.2 Å². The molecule has 4 aliphatic heterocycles. The number of primary amides is 1. The van der Waals surface area contributed by atoms with Crippen LogP contribution in [0.25, 0.3) is 10.9 Å². The number of rotatable bonds is 21. The molecule has 11 rings (SSSR count). The summed E-state index contributed by atoms with van der Waals surface area (Å²) in [5, 5.41) is 55.0. The third kappa shape index (κ3) is 27.5. The molecular weight excluding hydrogens is 1800 g/mol. The molecule has 0 radical (unpaired) electrons. The molecule has 15 amide bonds. The molecule has 7 aromatic rings. The van der Waals surface area contributed by atoms with Gasteiger partial charge in [0.15, 0.2) is 17.5 Å². The van der Waals surface area contributed by atoms with E-state index in [1.165, 1.54) is 79.5 Å². The number of hydrogen-bond acceptors (Lipinski definition) is 20. The fourth-order valence-corrected chi connectivity index (χ4v) is 18.9. The first-order valence-electron chi connectivity index (χ1n) is 46.5. The number of nitrogens with two attached hydrogens (primary N) is 2. The molecule has 4 fully saturated rings. The molecule has 4 aliphatic rings. The quantitative estimate of drug-likeness (QED) is 0.0460.